The molecule has 1 atom stereocenters. The highest BCUT2D eigenvalue weighted by atomic mass is 16.6. The standard InChI is InChI=1S/C19H29N3O3/c1-3-16(14-22-8-6-21(2)7-9-22)20-19(23)13-15-4-5-17-18(12-15)25-11-10-24-17/h4-5,12,16H,3,6-11,13-14H2,1-2H3,(H,20,23). The van der Waals surface area contributed by atoms with Crippen LogP contribution in [0.15, 0.2) is 18.2 Å². The van der Waals surface area contributed by atoms with Crippen LogP contribution in [0.2, 0.25) is 0 Å². The molecule has 0 aromatic heterocycles. The number of hydrogen-bond donors (Lipinski definition) is 1. The molecule has 0 aliphatic carbocycles. The zero-order chi connectivity index (χ0) is 17.6. The number of amides is 1. The second kappa shape index (κ2) is 8.54. The molecule has 1 aromatic carbocycles. The maximum Gasteiger partial charge on any atom is 0.224 e. The maximum atomic E-state index is 12.4. The van der Waals surface area contributed by atoms with Gasteiger partial charge in [-0.1, -0.05) is 13.0 Å². The number of carbonyl (C=O) groups excluding carboxylic acids is 1. The molecule has 0 spiro atoms. The van der Waals surface area contributed by atoms with E-state index in [1.54, 1.807) is 0 Å². The third-order valence-corrected chi connectivity index (χ3v) is 4.90. The number of rotatable bonds is 6. The van der Waals surface area contributed by atoms with Gasteiger partial charge in [0, 0.05) is 38.8 Å². The van der Waals surface area contributed by atoms with E-state index in [1.165, 1.54) is 0 Å². The lowest BCUT2D eigenvalue weighted by Crippen LogP contribution is -2.50. The summed E-state index contributed by atoms with van der Waals surface area (Å²) in [6.45, 7) is 8.55. The average Bonchev–Trinajstić information content (AvgIpc) is 2.63. The van der Waals surface area contributed by atoms with E-state index in [2.05, 4.69) is 29.1 Å². The van der Waals surface area contributed by atoms with Crippen LogP contribution in [0.3, 0.4) is 0 Å². The summed E-state index contributed by atoms with van der Waals surface area (Å²) in [5.74, 6) is 1.57. The van der Waals surface area contributed by atoms with Crippen molar-refractivity contribution in [3.63, 3.8) is 0 Å². The van der Waals surface area contributed by atoms with Gasteiger partial charge in [0.1, 0.15) is 13.2 Å². The Kier molecular flexibility index (Phi) is 6.15. The van der Waals surface area contributed by atoms with Gasteiger partial charge in [0.05, 0.1) is 6.42 Å². The molecule has 1 amide bonds. The van der Waals surface area contributed by atoms with E-state index in [0.29, 0.717) is 19.6 Å². The first-order valence-electron chi connectivity index (χ1n) is 9.23. The summed E-state index contributed by atoms with van der Waals surface area (Å²) in [7, 11) is 2.16. The van der Waals surface area contributed by atoms with Crippen LogP contribution in [-0.2, 0) is 11.2 Å². The van der Waals surface area contributed by atoms with E-state index in [4.69, 9.17) is 9.47 Å². The second-order valence-corrected chi connectivity index (χ2v) is 6.93. The van der Waals surface area contributed by atoms with Crippen molar-refractivity contribution in [1.82, 2.24) is 15.1 Å². The normalized spacial score (nSPS) is 19.4. The van der Waals surface area contributed by atoms with Crippen LogP contribution in [-0.4, -0.2) is 74.7 Å². The molecular weight excluding hydrogens is 318 g/mol. The molecule has 2 heterocycles. The molecule has 1 saturated heterocycles. The molecule has 1 fully saturated rings. The number of benzene rings is 1. The van der Waals surface area contributed by atoms with Crippen molar-refractivity contribution < 1.29 is 14.3 Å². The first kappa shape index (κ1) is 18.0. The highest BCUT2D eigenvalue weighted by Crippen LogP contribution is 2.30. The summed E-state index contributed by atoms with van der Waals surface area (Å²) in [6, 6.07) is 5.94. The highest BCUT2D eigenvalue weighted by Gasteiger charge is 2.19. The van der Waals surface area contributed by atoms with Crippen LogP contribution in [0.4, 0.5) is 0 Å². The van der Waals surface area contributed by atoms with E-state index in [9.17, 15) is 4.79 Å². The van der Waals surface area contributed by atoms with Crippen molar-refractivity contribution in [2.45, 2.75) is 25.8 Å². The first-order chi connectivity index (χ1) is 12.1. The predicted octanol–water partition coefficient (Wildman–Crippen LogP) is 1.14. The minimum Gasteiger partial charge on any atom is -0.486 e. The van der Waals surface area contributed by atoms with Gasteiger partial charge in [0.2, 0.25) is 5.91 Å². The van der Waals surface area contributed by atoms with Gasteiger partial charge in [-0.05, 0) is 31.2 Å². The third kappa shape index (κ3) is 5.09. The summed E-state index contributed by atoms with van der Waals surface area (Å²) in [5, 5.41) is 3.19. The van der Waals surface area contributed by atoms with Gasteiger partial charge < -0.3 is 19.7 Å². The summed E-state index contributed by atoms with van der Waals surface area (Å²) in [5.41, 5.74) is 0.955. The molecule has 25 heavy (non-hydrogen) atoms. The van der Waals surface area contributed by atoms with Crippen LogP contribution < -0.4 is 14.8 Å². The van der Waals surface area contributed by atoms with E-state index in [1.807, 2.05) is 18.2 Å². The van der Waals surface area contributed by atoms with Gasteiger partial charge in [-0.2, -0.15) is 0 Å². The Morgan fingerprint density at radius 2 is 1.88 bits per heavy atom. The largest absolute Gasteiger partial charge is 0.486 e. The lowest BCUT2D eigenvalue weighted by Gasteiger charge is -2.34. The van der Waals surface area contributed by atoms with Crippen LogP contribution in [0.1, 0.15) is 18.9 Å². The fraction of sp³-hybridized carbons (Fsp3) is 0.632. The number of ether oxygens (including phenoxy) is 2. The van der Waals surface area contributed by atoms with Crippen molar-refractivity contribution in [1.29, 1.82) is 0 Å². The molecule has 2 aliphatic heterocycles. The van der Waals surface area contributed by atoms with Crippen molar-refractivity contribution >= 4 is 5.91 Å². The molecular formula is C19H29N3O3. The summed E-state index contributed by atoms with van der Waals surface area (Å²) >= 11 is 0. The number of nitrogens with zero attached hydrogens (tertiary/aromatic N) is 2. The molecule has 3 rings (SSSR count). The minimum absolute atomic E-state index is 0.0673. The van der Waals surface area contributed by atoms with E-state index < -0.39 is 0 Å². The smallest absolute Gasteiger partial charge is 0.224 e. The lowest BCUT2D eigenvalue weighted by molar-refractivity contribution is -0.121. The predicted molar refractivity (Wildman–Crippen MR) is 97.3 cm³/mol. The molecule has 6 nitrogen and oxygen atoms in total. The summed E-state index contributed by atoms with van der Waals surface area (Å²) in [4.78, 5) is 17.2. The number of likely N-dealkylation sites (N-methyl/N-ethyl adjacent to an activating group) is 1. The Hall–Kier alpha value is -1.79. The fourth-order valence-corrected chi connectivity index (χ4v) is 3.28. The fourth-order valence-electron chi connectivity index (χ4n) is 3.28. The van der Waals surface area contributed by atoms with Gasteiger partial charge in [0.25, 0.3) is 0 Å². The number of nitrogens with one attached hydrogen (secondary N) is 1. The molecule has 6 heteroatoms. The van der Waals surface area contributed by atoms with Gasteiger partial charge in [-0.25, -0.2) is 0 Å². The third-order valence-electron chi connectivity index (χ3n) is 4.90. The molecule has 1 N–H and O–H groups in total. The van der Waals surface area contributed by atoms with Crippen LogP contribution >= 0.6 is 0 Å². The zero-order valence-corrected chi connectivity index (χ0v) is 15.3. The van der Waals surface area contributed by atoms with Crippen molar-refractivity contribution in [3.05, 3.63) is 23.8 Å². The number of piperazine rings is 1. The van der Waals surface area contributed by atoms with Crippen molar-refractivity contribution in [2.75, 3.05) is 53.0 Å². The quantitative estimate of drug-likeness (QED) is 0.836. The molecule has 0 bridgehead atoms. The number of carbonyl (C=O) groups is 1. The molecule has 2 aliphatic rings. The van der Waals surface area contributed by atoms with E-state index in [0.717, 1.165) is 56.2 Å². The van der Waals surface area contributed by atoms with Gasteiger partial charge in [-0.3, -0.25) is 9.69 Å². The Balaban J connectivity index is 1.50. The Bertz CT molecular complexity index is 585. The Morgan fingerprint density at radius 3 is 2.60 bits per heavy atom. The summed E-state index contributed by atoms with van der Waals surface area (Å²) < 4.78 is 11.1. The van der Waals surface area contributed by atoms with Crippen LogP contribution in [0.25, 0.3) is 0 Å². The van der Waals surface area contributed by atoms with Gasteiger partial charge in [-0.15, -0.1) is 0 Å². The molecule has 1 unspecified atom stereocenters. The Labute approximate surface area is 150 Å². The monoisotopic (exact) mass is 347 g/mol. The Morgan fingerprint density at radius 1 is 1.16 bits per heavy atom. The number of hydrogen-bond acceptors (Lipinski definition) is 5. The average molecular weight is 347 g/mol. The van der Waals surface area contributed by atoms with Crippen molar-refractivity contribution in [3.8, 4) is 11.5 Å². The van der Waals surface area contributed by atoms with Crippen LogP contribution in [0, 0.1) is 0 Å². The maximum absolute atomic E-state index is 12.4. The van der Waals surface area contributed by atoms with Crippen LogP contribution in [0.5, 0.6) is 11.5 Å². The molecule has 138 valence electrons. The van der Waals surface area contributed by atoms with E-state index in [-0.39, 0.29) is 11.9 Å². The van der Waals surface area contributed by atoms with Gasteiger partial charge >= 0.3 is 0 Å². The second-order valence-electron chi connectivity index (χ2n) is 6.93. The van der Waals surface area contributed by atoms with E-state index >= 15 is 0 Å². The van der Waals surface area contributed by atoms with Gasteiger partial charge in [0.15, 0.2) is 11.5 Å². The lowest BCUT2D eigenvalue weighted by atomic mass is 10.1. The topological polar surface area (TPSA) is 54.0 Å². The highest BCUT2D eigenvalue weighted by molar-refractivity contribution is 5.79. The minimum atomic E-state index is 0.0673. The molecule has 0 radical (unpaired) electrons. The first-order valence-corrected chi connectivity index (χ1v) is 9.23. The summed E-state index contributed by atoms with van der Waals surface area (Å²) in [6.07, 6.45) is 1.31. The number of fused-ring (bicyclic) bond motifs is 1. The SMILES string of the molecule is CCC(CN1CCN(C)CC1)NC(=O)Cc1ccc2c(c1)OCCO2. The molecule has 0 saturated carbocycles. The zero-order valence-electron chi connectivity index (χ0n) is 15.3. The van der Waals surface area contributed by atoms with Crippen molar-refractivity contribution in [2.24, 2.45) is 0 Å². The molecule has 1 aromatic rings.